The summed E-state index contributed by atoms with van der Waals surface area (Å²) in [7, 11) is 0. The van der Waals surface area contributed by atoms with Crippen molar-refractivity contribution in [1.82, 2.24) is 29.9 Å². The average Bonchev–Trinajstić information content (AvgIpc) is 3.28. The Morgan fingerprint density at radius 2 is 2.00 bits per heavy atom. The van der Waals surface area contributed by atoms with Crippen molar-refractivity contribution < 1.29 is 8.91 Å². The van der Waals surface area contributed by atoms with Crippen molar-refractivity contribution in [3.63, 3.8) is 0 Å². The fraction of sp³-hybridized carbons (Fsp3) is 0.235. The highest BCUT2D eigenvalue weighted by molar-refractivity contribution is 7.98. The van der Waals surface area contributed by atoms with Gasteiger partial charge in [0.05, 0.1) is 23.0 Å². The van der Waals surface area contributed by atoms with Crippen molar-refractivity contribution in [2.75, 3.05) is 0 Å². The maximum atomic E-state index is 13.1. The predicted octanol–water partition coefficient (Wildman–Crippen LogP) is 3.75. The van der Waals surface area contributed by atoms with Crippen LogP contribution in [0, 0.1) is 5.82 Å². The van der Waals surface area contributed by atoms with E-state index in [-0.39, 0.29) is 11.7 Å². The van der Waals surface area contributed by atoms with Gasteiger partial charge in [-0.3, -0.25) is 0 Å². The molecule has 0 aliphatic rings. The largest absolute Gasteiger partial charge is 0.338 e. The number of hydrogen-bond acceptors (Lipinski definition) is 7. The Labute approximate surface area is 152 Å². The van der Waals surface area contributed by atoms with E-state index in [1.165, 1.54) is 30.2 Å². The molecule has 0 unspecified atom stereocenters. The van der Waals surface area contributed by atoms with E-state index in [4.69, 9.17) is 4.52 Å². The van der Waals surface area contributed by atoms with Gasteiger partial charge < -0.3 is 4.52 Å². The van der Waals surface area contributed by atoms with Crippen molar-refractivity contribution in [3.05, 3.63) is 54.3 Å². The summed E-state index contributed by atoms with van der Waals surface area (Å²) in [6.45, 7) is 4.03. The van der Waals surface area contributed by atoms with Crippen molar-refractivity contribution in [2.45, 2.75) is 30.5 Å². The Morgan fingerprint density at radius 3 is 2.73 bits per heavy atom. The molecule has 9 heteroatoms. The first-order valence-electron chi connectivity index (χ1n) is 8.02. The van der Waals surface area contributed by atoms with Crippen LogP contribution in [0.15, 0.2) is 46.3 Å². The highest BCUT2D eigenvalue weighted by atomic mass is 32.2. The Hall–Kier alpha value is -2.81. The molecule has 0 spiro atoms. The highest BCUT2D eigenvalue weighted by Crippen LogP contribution is 2.28. The maximum absolute atomic E-state index is 13.1. The minimum atomic E-state index is -0.295. The number of thioether (sulfide) groups is 1. The fourth-order valence-electron chi connectivity index (χ4n) is 2.40. The summed E-state index contributed by atoms with van der Waals surface area (Å²) < 4.78 is 20.1. The molecule has 1 aromatic carbocycles. The summed E-state index contributed by atoms with van der Waals surface area (Å²) in [5, 5.41) is 9.91. The first kappa shape index (κ1) is 16.6. The lowest BCUT2D eigenvalue weighted by Gasteiger charge is -2.03. The van der Waals surface area contributed by atoms with Crippen LogP contribution in [0.2, 0.25) is 0 Å². The van der Waals surface area contributed by atoms with Crippen LogP contribution in [-0.4, -0.2) is 29.9 Å². The molecule has 7 nitrogen and oxygen atoms in total. The second-order valence-electron chi connectivity index (χ2n) is 5.94. The minimum Gasteiger partial charge on any atom is -0.338 e. The van der Waals surface area contributed by atoms with Crippen LogP contribution in [0.25, 0.3) is 16.7 Å². The standard InChI is InChI=1S/C17H15FN6OS/c1-10(2)15-22-14(25-23-15)8-26-17-13-7-21-24(16(13)19-9-20-17)12-5-3-11(18)4-6-12/h3-7,9-10H,8H2,1-2H3. The summed E-state index contributed by atoms with van der Waals surface area (Å²) in [5.41, 5.74) is 1.39. The van der Waals surface area contributed by atoms with E-state index < -0.39 is 0 Å². The lowest BCUT2D eigenvalue weighted by Crippen LogP contribution is -1.98. The Bertz CT molecular complexity index is 1040. The lowest BCUT2D eigenvalue weighted by molar-refractivity contribution is 0.383. The van der Waals surface area contributed by atoms with Gasteiger partial charge in [-0.25, -0.2) is 19.0 Å². The number of halogens is 1. The molecule has 4 aromatic rings. The molecular weight excluding hydrogens is 355 g/mol. The molecule has 3 aromatic heterocycles. The van der Waals surface area contributed by atoms with Gasteiger partial charge in [0.15, 0.2) is 11.5 Å². The molecule has 3 heterocycles. The van der Waals surface area contributed by atoms with Crippen molar-refractivity contribution >= 4 is 22.8 Å². The van der Waals surface area contributed by atoms with Crippen LogP contribution in [0.3, 0.4) is 0 Å². The molecule has 0 aliphatic heterocycles. The molecule has 0 fully saturated rings. The van der Waals surface area contributed by atoms with E-state index in [1.807, 2.05) is 13.8 Å². The van der Waals surface area contributed by atoms with E-state index in [1.54, 1.807) is 23.0 Å². The van der Waals surface area contributed by atoms with E-state index in [0.717, 1.165) is 16.1 Å². The first-order valence-corrected chi connectivity index (χ1v) is 9.00. The monoisotopic (exact) mass is 370 g/mol. The molecule has 0 N–H and O–H groups in total. The molecule has 0 atom stereocenters. The number of aromatic nitrogens is 6. The molecule has 26 heavy (non-hydrogen) atoms. The minimum absolute atomic E-state index is 0.220. The summed E-state index contributed by atoms with van der Waals surface area (Å²) in [5.74, 6) is 1.68. The van der Waals surface area contributed by atoms with Crippen LogP contribution >= 0.6 is 11.8 Å². The van der Waals surface area contributed by atoms with Gasteiger partial charge in [-0.15, -0.1) is 0 Å². The van der Waals surface area contributed by atoms with Gasteiger partial charge in [0.2, 0.25) is 5.89 Å². The van der Waals surface area contributed by atoms with Crippen molar-refractivity contribution in [3.8, 4) is 5.69 Å². The van der Waals surface area contributed by atoms with Gasteiger partial charge in [0.25, 0.3) is 0 Å². The number of hydrogen-bond donors (Lipinski definition) is 0. The normalized spacial score (nSPS) is 11.5. The van der Waals surface area contributed by atoms with Crippen LogP contribution in [0.4, 0.5) is 4.39 Å². The number of rotatable bonds is 5. The smallest absolute Gasteiger partial charge is 0.237 e. The second-order valence-corrected chi connectivity index (χ2v) is 6.90. The molecule has 132 valence electrons. The Balaban J connectivity index is 1.61. The zero-order valence-corrected chi connectivity index (χ0v) is 14.9. The SMILES string of the molecule is CC(C)c1noc(CSc2ncnc3c2cnn3-c2ccc(F)cc2)n1. The highest BCUT2D eigenvalue weighted by Gasteiger charge is 2.14. The van der Waals surface area contributed by atoms with Gasteiger partial charge in [-0.05, 0) is 24.3 Å². The zero-order chi connectivity index (χ0) is 18.1. The first-order chi connectivity index (χ1) is 12.6. The van der Waals surface area contributed by atoms with Gasteiger partial charge in [-0.2, -0.15) is 10.1 Å². The third-order valence-corrected chi connectivity index (χ3v) is 4.72. The number of nitrogens with zero attached hydrogens (tertiary/aromatic N) is 6. The summed E-state index contributed by atoms with van der Waals surface area (Å²) in [6.07, 6.45) is 3.19. The quantitative estimate of drug-likeness (QED) is 0.391. The zero-order valence-electron chi connectivity index (χ0n) is 14.1. The van der Waals surface area contributed by atoms with E-state index >= 15 is 0 Å². The van der Waals surface area contributed by atoms with Crippen LogP contribution in [0.1, 0.15) is 31.5 Å². The topological polar surface area (TPSA) is 82.5 Å². The summed E-state index contributed by atoms with van der Waals surface area (Å²) in [6, 6.07) is 6.09. The summed E-state index contributed by atoms with van der Waals surface area (Å²) >= 11 is 1.48. The van der Waals surface area contributed by atoms with Crippen molar-refractivity contribution in [1.29, 1.82) is 0 Å². The maximum Gasteiger partial charge on any atom is 0.237 e. The van der Waals surface area contributed by atoms with Gasteiger partial charge in [-0.1, -0.05) is 30.8 Å². The lowest BCUT2D eigenvalue weighted by atomic mass is 10.2. The Morgan fingerprint density at radius 1 is 1.19 bits per heavy atom. The van der Waals surface area contributed by atoms with Gasteiger partial charge in [0, 0.05) is 5.92 Å². The molecule has 0 radical (unpaired) electrons. The van der Waals surface area contributed by atoms with E-state index in [2.05, 4.69) is 25.2 Å². The fourth-order valence-corrected chi connectivity index (χ4v) is 3.20. The number of fused-ring (bicyclic) bond motifs is 1. The molecule has 0 amide bonds. The third kappa shape index (κ3) is 3.17. The van der Waals surface area contributed by atoms with Gasteiger partial charge >= 0.3 is 0 Å². The molecule has 0 saturated carbocycles. The van der Waals surface area contributed by atoms with Crippen LogP contribution in [-0.2, 0) is 5.75 Å². The molecule has 0 bridgehead atoms. The molecule has 0 aliphatic carbocycles. The average molecular weight is 370 g/mol. The van der Waals surface area contributed by atoms with E-state index in [9.17, 15) is 4.39 Å². The van der Waals surface area contributed by atoms with Gasteiger partial charge in [0.1, 0.15) is 17.2 Å². The second kappa shape index (κ2) is 6.83. The van der Waals surface area contributed by atoms with Crippen LogP contribution < -0.4 is 0 Å². The number of benzene rings is 1. The Kier molecular flexibility index (Phi) is 4.37. The molecular formula is C17H15FN6OS. The molecule has 4 rings (SSSR count). The van der Waals surface area contributed by atoms with Crippen molar-refractivity contribution in [2.24, 2.45) is 0 Å². The van der Waals surface area contributed by atoms with E-state index in [0.29, 0.717) is 23.1 Å². The van der Waals surface area contributed by atoms with Crippen LogP contribution in [0.5, 0.6) is 0 Å². The third-order valence-electron chi connectivity index (χ3n) is 3.73. The summed E-state index contributed by atoms with van der Waals surface area (Å²) in [4.78, 5) is 13.0. The molecule has 0 saturated heterocycles. The predicted molar refractivity (Wildman–Crippen MR) is 94.6 cm³/mol.